The molecule has 1 aromatic heterocycles. The number of piperazine rings is 1. The predicted molar refractivity (Wildman–Crippen MR) is 120 cm³/mol. The van der Waals surface area contributed by atoms with Crippen LogP contribution in [-0.2, 0) is 0 Å². The third-order valence-corrected chi connectivity index (χ3v) is 6.75. The Bertz CT molecular complexity index is 694. The Morgan fingerprint density at radius 1 is 1.24 bits per heavy atom. The molecule has 2 heterocycles. The molecule has 0 radical (unpaired) electrons. The Morgan fingerprint density at radius 2 is 1.97 bits per heavy atom. The largest absolute Gasteiger partial charge is 0.365 e. The Labute approximate surface area is 184 Å². The van der Waals surface area contributed by atoms with E-state index < -0.39 is 0 Å². The first kappa shape index (κ1) is 22.4. The predicted octanol–water partition coefficient (Wildman–Crippen LogP) is 4.12. The number of rotatable bonds is 5. The summed E-state index contributed by atoms with van der Waals surface area (Å²) in [5.41, 5.74) is 0.983. The molecule has 1 saturated heterocycles. The number of carbonyl (C=O) groups is 1. The number of hydrogen-bond acceptors (Lipinski definition) is 4. The van der Waals surface area contributed by atoms with Crippen molar-refractivity contribution in [3.63, 3.8) is 0 Å². The SMILES string of the molecule is C[C@@H]1CN(CC[C@H]2CC[C@H](NC(=O)N(C)C)CC2)CCN1c1cc(Cl)ncc1Cl. The molecule has 2 aliphatic rings. The summed E-state index contributed by atoms with van der Waals surface area (Å²) in [4.78, 5) is 22.4. The summed E-state index contributed by atoms with van der Waals surface area (Å²) in [6, 6.07) is 2.61. The van der Waals surface area contributed by atoms with E-state index in [4.69, 9.17) is 23.2 Å². The third kappa shape index (κ3) is 6.12. The molecule has 2 amide bonds. The fourth-order valence-corrected chi connectivity index (χ4v) is 4.85. The van der Waals surface area contributed by atoms with Crippen LogP contribution in [0.1, 0.15) is 39.0 Å². The van der Waals surface area contributed by atoms with Crippen LogP contribution >= 0.6 is 23.2 Å². The molecule has 1 atom stereocenters. The van der Waals surface area contributed by atoms with Gasteiger partial charge in [0.2, 0.25) is 0 Å². The van der Waals surface area contributed by atoms with Crippen LogP contribution in [-0.4, -0.2) is 73.2 Å². The van der Waals surface area contributed by atoms with Crippen LogP contribution in [0.4, 0.5) is 10.5 Å². The molecule has 29 heavy (non-hydrogen) atoms. The summed E-state index contributed by atoms with van der Waals surface area (Å²) in [5, 5.41) is 4.27. The third-order valence-electron chi connectivity index (χ3n) is 6.26. The minimum Gasteiger partial charge on any atom is -0.365 e. The maximum atomic E-state index is 11.8. The van der Waals surface area contributed by atoms with E-state index >= 15 is 0 Å². The van der Waals surface area contributed by atoms with E-state index in [1.165, 1.54) is 19.3 Å². The van der Waals surface area contributed by atoms with Crippen molar-refractivity contribution in [1.82, 2.24) is 20.1 Å². The minimum atomic E-state index is 0.0240. The van der Waals surface area contributed by atoms with E-state index in [0.29, 0.717) is 22.3 Å². The van der Waals surface area contributed by atoms with Gasteiger partial charge >= 0.3 is 6.03 Å². The lowest BCUT2D eigenvalue weighted by Crippen LogP contribution is -2.52. The fraction of sp³-hybridized carbons (Fsp3) is 0.714. The molecule has 0 bridgehead atoms. The maximum Gasteiger partial charge on any atom is 0.317 e. The number of halogens is 2. The van der Waals surface area contributed by atoms with Gasteiger partial charge in [0.25, 0.3) is 0 Å². The Balaban J connectivity index is 1.41. The lowest BCUT2D eigenvalue weighted by molar-refractivity contribution is 0.187. The molecule has 3 rings (SSSR count). The zero-order valence-corrected chi connectivity index (χ0v) is 19.2. The first-order valence-electron chi connectivity index (χ1n) is 10.6. The standard InChI is InChI=1S/C21H33Cl2N5O/c1-15-14-27(10-11-28(15)19-12-20(23)24-13-18(19)22)9-8-16-4-6-17(7-5-16)25-21(29)26(2)3/h12-13,15-17H,4-11,14H2,1-3H3,(H,25,29)/t15-,16-,17-/m1/s1. The average molecular weight is 442 g/mol. The molecule has 162 valence electrons. The Hall–Kier alpha value is -1.24. The van der Waals surface area contributed by atoms with Gasteiger partial charge in [0.05, 0.1) is 10.7 Å². The van der Waals surface area contributed by atoms with E-state index in [1.54, 1.807) is 25.2 Å². The summed E-state index contributed by atoms with van der Waals surface area (Å²) in [6.45, 7) is 6.40. The first-order chi connectivity index (χ1) is 13.8. The molecule has 1 saturated carbocycles. The number of carbonyl (C=O) groups excluding carboxylic acids is 1. The highest BCUT2D eigenvalue weighted by molar-refractivity contribution is 6.34. The molecule has 0 unspecified atom stereocenters. The maximum absolute atomic E-state index is 11.8. The van der Waals surface area contributed by atoms with Gasteiger partial charge < -0.3 is 15.1 Å². The molecular weight excluding hydrogens is 409 g/mol. The van der Waals surface area contributed by atoms with Crippen LogP contribution in [0.5, 0.6) is 0 Å². The first-order valence-corrected chi connectivity index (χ1v) is 11.4. The number of aromatic nitrogens is 1. The second-order valence-corrected chi connectivity index (χ2v) is 9.45. The quantitative estimate of drug-likeness (QED) is 0.698. The molecule has 8 heteroatoms. The van der Waals surface area contributed by atoms with Gasteiger partial charge in [-0.2, -0.15) is 0 Å². The van der Waals surface area contributed by atoms with Gasteiger partial charge in [0, 0.05) is 58.1 Å². The zero-order chi connectivity index (χ0) is 21.0. The van der Waals surface area contributed by atoms with Gasteiger partial charge in [-0.25, -0.2) is 9.78 Å². The van der Waals surface area contributed by atoms with Crippen molar-refractivity contribution in [2.45, 2.75) is 51.1 Å². The fourth-order valence-electron chi connectivity index (χ4n) is 4.48. The van der Waals surface area contributed by atoms with E-state index in [1.807, 2.05) is 6.07 Å². The highest BCUT2D eigenvalue weighted by Crippen LogP contribution is 2.31. The normalized spacial score (nSPS) is 25.7. The van der Waals surface area contributed by atoms with Crippen LogP contribution in [0.2, 0.25) is 10.2 Å². The second-order valence-electron chi connectivity index (χ2n) is 8.65. The zero-order valence-electron chi connectivity index (χ0n) is 17.7. The van der Waals surface area contributed by atoms with Crippen molar-refractivity contribution in [3.8, 4) is 0 Å². The van der Waals surface area contributed by atoms with Crippen LogP contribution in [0.25, 0.3) is 0 Å². The monoisotopic (exact) mass is 441 g/mol. The van der Waals surface area contributed by atoms with E-state index in [0.717, 1.165) is 50.6 Å². The number of anilines is 1. The summed E-state index contributed by atoms with van der Waals surface area (Å²) in [7, 11) is 3.58. The molecule has 1 N–H and O–H groups in total. The van der Waals surface area contributed by atoms with Crippen LogP contribution in [0.15, 0.2) is 12.3 Å². The van der Waals surface area contributed by atoms with Crippen molar-refractivity contribution >= 4 is 34.9 Å². The van der Waals surface area contributed by atoms with Crippen LogP contribution < -0.4 is 10.2 Å². The number of hydrogen-bond donors (Lipinski definition) is 1. The van der Waals surface area contributed by atoms with Gasteiger partial charge in [-0.3, -0.25) is 4.90 Å². The molecule has 1 aromatic rings. The van der Waals surface area contributed by atoms with Crippen molar-refractivity contribution in [1.29, 1.82) is 0 Å². The van der Waals surface area contributed by atoms with Crippen molar-refractivity contribution in [2.24, 2.45) is 5.92 Å². The summed E-state index contributed by atoms with van der Waals surface area (Å²) in [6.07, 6.45) is 7.47. The molecule has 0 spiro atoms. The Kier molecular flexibility index (Phi) is 7.88. The highest BCUT2D eigenvalue weighted by atomic mass is 35.5. The summed E-state index contributed by atoms with van der Waals surface area (Å²) >= 11 is 12.4. The smallest absolute Gasteiger partial charge is 0.317 e. The molecule has 6 nitrogen and oxygen atoms in total. The van der Waals surface area contributed by atoms with Crippen molar-refractivity contribution in [2.75, 3.05) is 45.2 Å². The molecule has 2 fully saturated rings. The molecule has 0 aromatic carbocycles. The number of amides is 2. The van der Waals surface area contributed by atoms with E-state index in [9.17, 15) is 4.79 Å². The van der Waals surface area contributed by atoms with Gasteiger partial charge in [-0.15, -0.1) is 0 Å². The second kappa shape index (κ2) is 10.2. The molecular formula is C21H33Cl2N5O. The average Bonchev–Trinajstić information content (AvgIpc) is 2.69. The number of nitrogens with zero attached hydrogens (tertiary/aromatic N) is 4. The van der Waals surface area contributed by atoms with Crippen LogP contribution in [0, 0.1) is 5.92 Å². The number of nitrogens with one attached hydrogen (secondary N) is 1. The molecule has 1 aliphatic carbocycles. The topological polar surface area (TPSA) is 51.7 Å². The van der Waals surface area contributed by atoms with Crippen molar-refractivity contribution in [3.05, 3.63) is 22.4 Å². The lowest BCUT2D eigenvalue weighted by atomic mass is 9.84. The van der Waals surface area contributed by atoms with Crippen molar-refractivity contribution < 1.29 is 4.79 Å². The number of urea groups is 1. The highest BCUT2D eigenvalue weighted by Gasteiger charge is 2.27. The summed E-state index contributed by atoms with van der Waals surface area (Å²) in [5.74, 6) is 0.768. The minimum absolute atomic E-state index is 0.0240. The van der Waals surface area contributed by atoms with Gasteiger partial charge in [0.15, 0.2) is 0 Å². The lowest BCUT2D eigenvalue weighted by Gasteiger charge is -2.42. The van der Waals surface area contributed by atoms with Gasteiger partial charge in [-0.1, -0.05) is 23.2 Å². The van der Waals surface area contributed by atoms with E-state index in [-0.39, 0.29) is 6.03 Å². The van der Waals surface area contributed by atoms with Gasteiger partial charge in [-0.05, 0) is 51.5 Å². The molecule has 1 aliphatic heterocycles. The van der Waals surface area contributed by atoms with E-state index in [2.05, 4.69) is 27.0 Å². The Morgan fingerprint density at radius 3 is 2.62 bits per heavy atom. The summed E-state index contributed by atoms with van der Waals surface area (Å²) < 4.78 is 0. The van der Waals surface area contributed by atoms with Gasteiger partial charge in [0.1, 0.15) is 5.15 Å². The number of pyridine rings is 1. The van der Waals surface area contributed by atoms with Crippen LogP contribution in [0.3, 0.4) is 0 Å².